The van der Waals surface area contributed by atoms with Gasteiger partial charge in [-0.15, -0.1) is 0 Å². The topological polar surface area (TPSA) is 55.1 Å². The largest absolute Gasteiger partial charge is 0.478 e. The SMILES string of the molecule is Cn1ccnc1Cc1ccc(Cl)cc1C(=O)O. The Bertz CT molecular complexity index is 563. The number of nitrogens with zero attached hydrogens (tertiary/aromatic N) is 2. The smallest absolute Gasteiger partial charge is 0.336 e. The summed E-state index contributed by atoms with van der Waals surface area (Å²) < 4.78 is 1.86. The van der Waals surface area contributed by atoms with Crippen LogP contribution in [0.3, 0.4) is 0 Å². The Hall–Kier alpha value is -1.81. The highest BCUT2D eigenvalue weighted by Crippen LogP contribution is 2.18. The minimum absolute atomic E-state index is 0.223. The molecule has 1 N–H and O–H groups in total. The number of carboxylic acid groups (broad SMARTS) is 1. The molecule has 2 rings (SSSR count). The molecular formula is C12H11ClN2O2. The van der Waals surface area contributed by atoms with Crippen LogP contribution >= 0.6 is 11.6 Å². The molecule has 5 heteroatoms. The first-order chi connectivity index (χ1) is 8.08. The fraction of sp³-hybridized carbons (Fsp3) is 0.167. The van der Waals surface area contributed by atoms with Crippen LogP contribution in [0.4, 0.5) is 0 Å². The molecular weight excluding hydrogens is 240 g/mol. The van der Waals surface area contributed by atoms with E-state index in [0.717, 1.165) is 5.82 Å². The number of hydrogen-bond donors (Lipinski definition) is 1. The van der Waals surface area contributed by atoms with E-state index in [1.165, 1.54) is 6.07 Å². The van der Waals surface area contributed by atoms with Crippen LogP contribution in [0.15, 0.2) is 30.6 Å². The molecule has 0 bridgehead atoms. The van der Waals surface area contributed by atoms with Gasteiger partial charge >= 0.3 is 5.97 Å². The molecule has 0 aliphatic carbocycles. The summed E-state index contributed by atoms with van der Waals surface area (Å²) in [6.45, 7) is 0. The Morgan fingerprint density at radius 1 is 1.53 bits per heavy atom. The molecule has 0 fully saturated rings. The van der Waals surface area contributed by atoms with E-state index in [1.54, 1.807) is 18.3 Å². The highest BCUT2D eigenvalue weighted by Gasteiger charge is 2.12. The predicted molar refractivity (Wildman–Crippen MR) is 64.4 cm³/mol. The third-order valence-electron chi connectivity index (χ3n) is 2.57. The molecule has 0 amide bonds. The van der Waals surface area contributed by atoms with Crippen molar-refractivity contribution in [1.29, 1.82) is 0 Å². The molecule has 0 aliphatic rings. The molecule has 0 radical (unpaired) electrons. The first-order valence-electron chi connectivity index (χ1n) is 5.06. The van der Waals surface area contributed by atoms with Gasteiger partial charge in [-0.2, -0.15) is 0 Å². The van der Waals surface area contributed by atoms with E-state index < -0.39 is 5.97 Å². The Labute approximate surface area is 103 Å². The van der Waals surface area contributed by atoms with Crippen molar-refractivity contribution in [3.05, 3.63) is 52.6 Å². The van der Waals surface area contributed by atoms with Gasteiger partial charge in [-0.1, -0.05) is 17.7 Å². The number of imidazole rings is 1. The number of rotatable bonds is 3. The predicted octanol–water partition coefficient (Wildman–Crippen LogP) is 2.36. The van der Waals surface area contributed by atoms with Gasteiger partial charge in [0.15, 0.2) is 0 Å². The minimum Gasteiger partial charge on any atom is -0.478 e. The van der Waals surface area contributed by atoms with Gasteiger partial charge in [0.1, 0.15) is 5.82 Å². The van der Waals surface area contributed by atoms with Crippen molar-refractivity contribution in [3.8, 4) is 0 Å². The number of aromatic nitrogens is 2. The van der Waals surface area contributed by atoms with Crippen LogP contribution in [0.25, 0.3) is 0 Å². The zero-order chi connectivity index (χ0) is 12.4. The van der Waals surface area contributed by atoms with Crippen molar-refractivity contribution in [2.75, 3.05) is 0 Å². The lowest BCUT2D eigenvalue weighted by atomic mass is 10.0. The lowest BCUT2D eigenvalue weighted by Crippen LogP contribution is -2.06. The van der Waals surface area contributed by atoms with Crippen LogP contribution in [0.1, 0.15) is 21.7 Å². The number of hydrogen-bond acceptors (Lipinski definition) is 2. The number of carboxylic acids is 1. The quantitative estimate of drug-likeness (QED) is 0.910. The van der Waals surface area contributed by atoms with Crippen LogP contribution in [0.5, 0.6) is 0 Å². The lowest BCUT2D eigenvalue weighted by molar-refractivity contribution is 0.0696. The van der Waals surface area contributed by atoms with Crippen molar-refractivity contribution in [2.24, 2.45) is 7.05 Å². The maximum absolute atomic E-state index is 11.1. The van der Waals surface area contributed by atoms with Crippen molar-refractivity contribution >= 4 is 17.6 Å². The van der Waals surface area contributed by atoms with E-state index in [0.29, 0.717) is 17.0 Å². The zero-order valence-electron chi connectivity index (χ0n) is 9.22. The Morgan fingerprint density at radius 3 is 2.88 bits per heavy atom. The average molecular weight is 251 g/mol. The third kappa shape index (κ3) is 2.47. The molecule has 88 valence electrons. The van der Waals surface area contributed by atoms with Crippen molar-refractivity contribution in [2.45, 2.75) is 6.42 Å². The van der Waals surface area contributed by atoms with Gasteiger partial charge in [-0.05, 0) is 17.7 Å². The first-order valence-corrected chi connectivity index (χ1v) is 5.43. The molecule has 17 heavy (non-hydrogen) atoms. The average Bonchev–Trinajstić information content (AvgIpc) is 2.67. The van der Waals surface area contributed by atoms with Crippen molar-refractivity contribution < 1.29 is 9.90 Å². The highest BCUT2D eigenvalue weighted by atomic mass is 35.5. The van der Waals surface area contributed by atoms with E-state index >= 15 is 0 Å². The molecule has 0 saturated carbocycles. The minimum atomic E-state index is -0.975. The molecule has 0 atom stereocenters. The zero-order valence-corrected chi connectivity index (χ0v) is 9.98. The van der Waals surface area contributed by atoms with Crippen LogP contribution in [-0.4, -0.2) is 20.6 Å². The van der Waals surface area contributed by atoms with Crippen molar-refractivity contribution in [3.63, 3.8) is 0 Å². The van der Waals surface area contributed by atoms with Gasteiger partial charge in [0.2, 0.25) is 0 Å². The van der Waals surface area contributed by atoms with Gasteiger partial charge in [0.25, 0.3) is 0 Å². The number of benzene rings is 1. The van der Waals surface area contributed by atoms with E-state index in [1.807, 2.05) is 17.8 Å². The summed E-state index contributed by atoms with van der Waals surface area (Å²) in [5.41, 5.74) is 0.928. The summed E-state index contributed by atoms with van der Waals surface area (Å²) in [6.07, 6.45) is 3.99. The highest BCUT2D eigenvalue weighted by molar-refractivity contribution is 6.30. The van der Waals surface area contributed by atoms with E-state index in [9.17, 15) is 4.79 Å². The lowest BCUT2D eigenvalue weighted by Gasteiger charge is -2.06. The second-order valence-corrected chi connectivity index (χ2v) is 4.17. The van der Waals surface area contributed by atoms with Gasteiger partial charge in [0, 0.05) is 30.9 Å². The fourth-order valence-corrected chi connectivity index (χ4v) is 1.81. The molecule has 1 aromatic carbocycles. The Morgan fingerprint density at radius 2 is 2.29 bits per heavy atom. The van der Waals surface area contributed by atoms with Crippen molar-refractivity contribution in [1.82, 2.24) is 9.55 Å². The second-order valence-electron chi connectivity index (χ2n) is 3.74. The fourth-order valence-electron chi connectivity index (χ4n) is 1.64. The van der Waals surface area contributed by atoms with Crippen LogP contribution in [0.2, 0.25) is 5.02 Å². The molecule has 0 spiro atoms. The van der Waals surface area contributed by atoms with Crippen LogP contribution < -0.4 is 0 Å². The van der Waals surface area contributed by atoms with Crippen LogP contribution in [0, 0.1) is 0 Å². The monoisotopic (exact) mass is 250 g/mol. The van der Waals surface area contributed by atoms with Gasteiger partial charge in [-0.25, -0.2) is 9.78 Å². The first kappa shape index (κ1) is 11.7. The van der Waals surface area contributed by atoms with E-state index in [4.69, 9.17) is 16.7 Å². The third-order valence-corrected chi connectivity index (χ3v) is 2.81. The van der Waals surface area contributed by atoms with E-state index in [2.05, 4.69) is 4.98 Å². The molecule has 0 aliphatic heterocycles. The summed E-state index contributed by atoms with van der Waals surface area (Å²) in [7, 11) is 1.87. The standard InChI is InChI=1S/C12H11ClN2O2/c1-15-5-4-14-11(15)6-8-2-3-9(13)7-10(8)12(16)17/h2-5,7H,6H2,1H3,(H,16,17). The number of aryl methyl sites for hydroxylation is 1. The summed E-state index contributed by atoms with van der Waals surface area (Å²) in [5, 5.41) is 9.52. The van der Waals surface area contributed by atoms with Gasteiger partial charge < -0.3 is 9.67 Å². The summed E-state index contributed by atoms with van der Waals surface area (Å²) >= 11 is 5.79. The molecule has 2 aromatic rings. The number of carbonyl (C=O) groups is 1. The number of aromatic carboxylic acids is 1. The summed E-state index contributed by atoms with van der Waals surface area (Å²) in [5.74, 6) is -0.161. The molecule has 1 heterocycles. The Kier molecular flexibility index (Phi) is 3.15. The molecule has 0 saturated heterocycles. The molecule has 4 nitrogen and oxygen atoms in total. The maximum atomic E-state index is 11.1. The number of halogens is 1. The van der Waals surface area contributed by atoms with Crippen LogP contribution in [-0.2, 0) is 13.5 Å². The van der Waals surface area contributed by atoms with Gasteiger partial charge in [-0.3, -0.25) is 0 Å². The molecule has 0 unspecified atom stereocenters. The summed E-state index contributed by atoms with van der Waals surface area (Å²) in [4.78, 5) is 15.3. The normalized spacial score (nSPS) is 10.5. The van der Waals surface area contributed by atoms with E-state index in [-0.39, 0.29) is 5.56 Å². The second kappa shape index (κ2) is 4.59. The Balaban J connectivity index is 2.39. The maximum Gasteiger partial charge on any atom is 0.336 e. The van der Waals surface area contributed by atoms with Gasteiger partial charge in [0.05, 0.1) is 5.56 Å². The molecule has 1 aromatic heterocycles. The summed E-state index contributed by atoms with van der Waals surface area (Å²) in [6, 6.07) is 4.87.